The maximum Gasteiger partial charge on any atom is 0.273 e. The molecule has 0 atom stereocenters. The molecule has 7 heteroatoms. The fourth-order valence-corrected chi connectivity index (χ4v) is 2.13. The van der Waals surface area contributed by atoms with E-state index in [9.17, 15) is 4.79 Å². The minimum Gasteiger partial charge on any atom is -0.348 e. The van der Waals surface area contributed by atoms with Gasteiger partial charge in [0.05, 0.1) is 6.20 Å². The summed E-state index contributed by atoms with van der Waals surface area (Å²) in [5.41, 5.74) is 0.419. The molecule has 1 aromatic heterocycles. The highest BCUT2D eigenvalue weighted by atomic mass is 35.5. The van der Waals surface area contributed by atoms with Crippen LogP contribution in [-0.4, -0.2) is 40.0 Å². The third kappa shape index (κ3) is 5.09. The van der Waals surface area contributed by atoms with Gasteiger partial charge in [0.2, 0.25) is 0 Å². The zero-order valence-corrected chi connectivity index (χ0v) is 12.9. The maximum atomic E-state index is 12.0. The molecular weight excluding hydrogens is 278 g/mol. The van der Waals surface area contributed by atoms with Crippen molar-refractivity contribution >= 4 is 18.3 Å². The first-order valence-electron chi connectivity index (χ1n) is 7.07. The number of carbonyl (C=O) groups is 1. The van der Waals surface area contributed by atoms with Gasteiger partial charge in [-0.1, -0.05) is 19.1 Å². The van der Waals surface area contributed by atoms with Crippen molar-refractivity contribution in [3.8, 4) is 0 Å². The molecule has 0 unspecified atom stereocenters. The summed E-state index contributed by atoms with van der Waals surface area (Å²) in [5.74, 6) is 0.513. The van der Waals surface area contributed by atoms with Gasteiger partial charge in [-0.05, 0) is 38.3 Å². The highest BCUT2D eigenvalue weighted by Crippen LogP contribution is 2.05. The standard InChI is InChI=1S/C13H23N5O.ClH/c1-10(2)5-8-18-9-12(16-17-18)13(19)15-11-3-6-14-7-4-11;/h9-11,14H,3-8H2,1-2H3,(H,15,19);1H. The molecular formula is C13H24ClN5O. The molecule has 1 aliphatic rings. The van der Waals surface area contributed by atoms with Crippen LogP contribution in [0.15, 0.2) is 6.20 Å². The summed E-state index contributed by atoms with van der Waals surface area (Å²) in [5, 5.41) is 14.2. The average Bonchev–Trinajstić information content (AvgIpc) is 2.86. The van der Waals surface area contributed by atoms with Gasteiger partial charge in [-0.15, -0.1) is 17.5 Å². The third-order valence-electron chi connectivity index (χ3n) is 3.38. The summed E-state index contributed by atoms with van der Waals surface area (Å²) in [6.07, 6.45) is 4.73. The second-order valence-electron chi connectivity index (χ2n) is 5.55. The minimum atomic E-state index is -0.109. The Labute approximate surface area is 126 Å². The molecule has 1 aromatic rings. The molecule has 2 N–H and O–H groups in total. The number of carbonyl (C=O) groups excluding carboxylic acids is 1. The van der Waals surface area contributed by atoms with Crippen LogP contribution < -0.4 is 10.6 Å². The van der Waals surface area contributed by atoms with Gasteiger partial charge in [-0.25, -0.2) is 0 Å². The fraction of sp³-hybridized carbons (Fsp3) is 0.769. The smallest absolute Gasteiger partial charge is 0.273 e. The molecule has 1 amide bonds. The van der Waals surface area contributed by atoms with Crippen LogP contribution in [0.5, 0.6) is 0 Å². The Kier molecular flexibility index (Phi) is 6.95. The van der Waals surface area contributed by atoms with E-state index in [4.69, 9.17) is 0 Å². The number of aryl methyl sites for hydroxylation is 1. The van der Waals surface area contributed by atoms with Gasteiger partial charge in [0.1, 0.15) is 0 Å². The second-order valence-corrected chi connectivity index (χ2v) is 5.55. The molecule has 20 heavy (non-hydrogen) atoms. The van der Waals surface area contributed by atoms with Gasteiger partial charge in [-0.2, -0.15) is 0 Å². The summed E-state index contributed by atoms with van der Waals surface area (Å²) in [6, 6.07) is 0.259. The van der Waals surface area contributed by atoms with Crippen LogP contribution in [0.4, 0.5) is 0 Å². The Morgan fingerprint density at radius 1 is 1.50 bits per heavy atom. The van der Waals surface area contributed by atoms with Gasteiger partial charge < -0.3 is 10.6 Å². The van der Waals surface area contributed by atoms with Crippen LogP contribution in [0.2, 0.25) is 0 Å². The summed E-state index contributed by atoms with van der Waals surface area (Å²) >= 11 is 0. The molecule has 6 nitrogen and oxygen atoms in total. The zero-order chi connectivity index (χ0) is 13.7. The largest absolute Gasteiger partial charge is 0.348 e. The molecule has 1 saturated heterocycles. The molecule has 114 valence electrons. The molecule has 0 bridgehead atoms. The quantitative estimate of drug-likeness (QED) is 0.858. The van der Waals surface area contributed by atoms with E-state index < -0.39 is 0 Å². The Bertz CT molecular complexity index is 415. The Morgan fingerprint density at radius 2 is 2.20 bits per heavy atom. The van der Waals surface area contributed by atoms with Crippen LogP contribution in [0, 0.1) is 5.92 Å². The van der Waals surface area contributed by atoms with Gasteiger partial charge in [0.15, 0.2) is 5.69 Å². The lowest BCUT2D eigenvalue weighted by atomic mass is 10.1. The number of piperidine rings is 1. The van der Waals surface area contributed by atoms with Crippen molar-refractivity contribution in [3.63, 3.8) is 0 Å². The summed E-state index contributed by atoms with van der Waals surface area (Å²) in [4.78, 5) is 12.0. The van der Waals surface area contributed by atoms with Crippen LogP contribution >= 0.6 is 12.4 Å². The van der Waals surface area contributed by atoms with Crippen molar-refractivity contribution in [1.29, 1.82) is 0 Å². The Balaban J connectivity index is 0.00000200. The lowest BCUT2D eigenvalue weighted by Crippen LogP contribution is -2.42. The molecule has 0 saturated carbocycles. The first-order chi connectivity index (χ1) is 9.15. The van der Waals surface area contributed by atoms with Gasteiger partial charge in [0.25, 0.3) is 5.91 Å². The third-order valence-corrected chi connectivity index (χ3v) is 3.38. The summed E-state index contributed by atoms with van der Waals surface area (Å²) < 4.78 is 1.75. The number of nitrogens with zero attached hydrogens (tertiary/aromatic N) is 3. The van der Waals surface area contributed by atoms with Crippen LogP contribution in [0.3, 0.4) is 0 Å². The summed E-state index contributed by atoms with van der Waals surface area (Å²) in [7, 11) is 0. The maximum absolute atomic E-state index is 12.0. The number of aromatic nitrogens is 3. The molecule has 0 aromatic carbocycles. The summed E-state index contributed by atoms with van der Waals surface area (Å²) in [6.45, 7) is 7.08. The normalized spacial score (nSPS) is 15.9. The van der Waals surface area contributed by atoms with Crippen molar-refractivity contribution < 1.29 is 4.79 Å². The number of hydrogen-bond acceptors (Lipinski definition) is 4. The monoisotopic (exact) mass is 301 g/mol. The average molecular weight is 302 g/mol. The predicted molar refractivity (Wildman–Crippen MR) is 80.1 cm³/mol. The highest BCUT2D eigenvalue weighted by molar-refractivity contribution is 5.92. The van der Waals surface area contributed by atoms with Crippen LogP contribution in [0.1, 0.15) is 43.6 Å². The van der Waals surface area contributed by atoms with E-state index in [-0.39, 0.29) is 24.4 Å². The molecule has 1 fully saturated rings. The number of amides is 1. The van der Waals surface area contributed by atoms with E-state index in [1.165, 1.54) is 0 Å². The minimum absolute atomic E-state index is 0. The Morgan fingerprint density at radius 3 is 2.85 bits per heavy atom. The number of hydrogen-bond donors (Lipinski definition) is 2. The lowest BCUT2D eigenvalue weighted by molar-refractivity contribution is 0.0924. The first-order valence-corrected chi connectivity index (χ1v) is 7.07. The van der Waals surface area contributed by atoms with Gasteiger partial charge in [-0.3, -0.25) is 9.48 Å². The predicted octanol–water partition coefficient (Wildman–Crippen LogP) is 1.23. The SMILES string of the molecule is CC(C)CCn1cc(C(=O)NC2CCNCC2)nn1.Cl. The van der Waals surface area contributed by atoms with Crippen molar-refractivity contribution in [2.45, 2.75) is 45.7 Å². The topological polar surface area (TPSA) is 71.8 Å². The first kappa shape index (κ1) is 16.9. The second kappa shape index (κ2) is 8.21. The molecule has 1 aliphatic heterocycles. The number of nitrogens with one attached hydrogen (secondary N) is 2. The fourth-order valence-electron chi connectivity index (χ4n) is 2.13. The van der Waals surface area contributed by atoms with E-state index in [0.29, 0.717) is 11.6 Å². The lowest BCUT2D eigenvalue weighted by Gasteiger charge is -2.23. The van der Waals surface area contributed by atoms with Crippen molar-refractivity contribution in [1.82, 2.24) is 25.6 Å². The van der Waals surface area contributed by atoms with Gasteiger partial charge in [0, 0.05) is 12.6 Å². The van der Waals surface area contributed by atoms with E-state index in [1.54, 1.807) is 10.9 Å². The van der Waals surface area contributed by atoms with Crippen molar-refractivity contribution in [3.05, 3.63) is 11.9 Å². The zero-order valence-electron chi connectivity index (χ0n) is 12.1. The van der Waals surface area contributed by atoms with Crippen molar-refractivity contribution in [2.75, 3.05) is 13.1 Å². The molecule has 2 rings (SSSR count). The van der Waals surface area contributed by atoms with E-state index in [1.807, 2.05) is 0 Å². The van der Waals surface area contributed by atoms with E-state index >= 15 is 0 Å². The van der Waals surface area contributed by atoms with Gasteiger partial charge >= 0.3 is 0 Å². The van der Waals surface area contributed by atoms with E-state index in [2.05, 4.69) is 34.8 Å². The number of halogens is 1. The van der Waals surface area contributed by atoms with Crippen LogP contribution in [0.25, 0.3) is 0 Å². The molecule has 0 spiro atoms. The molecule has 0 aliphatic carbocycles. The van der Waals surface area contributed by atoms with Crippen LogP contribution in [-0.2, 0) is 6.54 Å². The number of rotatable bonds is 5. The Hall–Kier alpha value is -1.14. The van der Waals surface area contributed by atoms with Crippen molar-refractivity contribution in [2.24, 2.45) is 5.92 Å². The highest BCUT2D eigenvalue weighted by Gasteiger charge is 2.18. The molecule has 0 radical (unpaired) electrons. The van der Waals surface area contributed by atoms with E-state index in [0.717, 1.165) is 38.9 Å². The molecule has 2 heterocycles.